The highest BCUT2D eigenvalue weighted by atomic mass is 16.5. The van der Waals surface area contributed by atoms with E-state index in [1.54, 1.807) is 7.11 Å². The van der Waals surface area contributed by atoms with Crippen molar-refractivity contribution >= 4 is 11.6 Å². The molecule has 0 fully saturated rings. The van der Waals surface area contributed by atoms with Crippen LogP contribution >= 0.6 is 0 Å². The Labute approximate surface area is 61.8 Å². The highest BCUT2D eigenvalue weighted by Crippen LogP contribution is 1.88. The molecule has 0 bridgehead atoms. The van der Waals surface area contributed by atoms with Gasteiger partial charge in [0, 0.05) is 12.1 Å². The minimum Gasteiger partial charge on any atom is -0.483 e. The zero-order chi connectivity index (χ0) is 7.98. The van der Waals surface area contributed by atoms with E-state index in [0.717, 1.165) is 12.1 Å². The lowest BCUT2D eigenvalue weighted by atomic mass is 10.5. The minimum atomic E-state index is 0.668. The smallest absolute Gasteiger partial charge is 0.207 e. The van der Waals surface area contributed by atoms with Gasteiger partial charge in [0.1, 0.15) is 0 Å². The zero-order valence-corrected chi connectivity index (χ0v) is 7.01. The van der Waals surface area contributed by atoms with E-state index in [1.165, 1.54) is 0 Å². The van der Waals surface area contributed by atoms with Crippen LogP contribution in [0.4, 0.5) is 0 Å². The topological polar surface area (TPSA) is 34.0 Å². The molecule has 0 rings (SSSR count). The molecule has 0 aromatic carbocycles. The summed E-state index contributed by atoms with van der Waals surface area (Å²) in [6.07, 6.45) is 0.785. The largest absolute Gasteiger partial charge is 0.483 e. The van der Waals surface area contributed by atoms with E-state index in [4.69, 9.17) is 4.74 Å². The average molecular weight is 142 g/mol. The van der Waals surface area contributed by atoms with Gasteiger partial charge in [-0.15, -0.1) is 5.10 Å². The van der Waals surface area contributed by atoms with Gasteiger partial charge in [0.25, 0.3) is 0 Å². The SMILES string of the molecule is CC/C(=N/N=C(C)C)OC. The quantitative estimate of drug-likeness (QED) is 0.329. The Morgan fingerprint density at radius 2 is 1.90 bits per heavy atom. The Morgan fingerprint density at radius 3 is 2.20 bits per heavy atom. The van der Waals surface area contributed by atoms with Crippen molar-refractivity contribution in [1.82, 2.24) is 0 Å². The van der Waals surface area contributed by atoms with Crippen LogP contribution in [-0.2, 0) is 4.74 Å². The lowest BCUT2D eigenvalue weighted by Gasteiger charge is -1.96. The second-order valence-electron chi connectivity index (χ2n) is 2.10. The summed E-state index contributed by atoms with van der Waals surface area (Å²) < 4.78 is 4.89. The Morgan fingerprint density at radius 1 is 1.30 bits per heavy atom. The molecule has 0 saturated carbocycles. The lowest BCUT2D eigenvalue weighted by Crippen LogP contribution is -1.97. The van der Waals surface area contributed by atoms with E-state index < -0.39 is 0 Å². The molecule has 0 unspecified atom stereocenters. The summed E-state index contributed by atoms with van der Waals surface area (Å²) >= 11 is 0. The predicted molar refractivity (Wildman–Crippen MR) is 43.5 cm³/mol. The molecule has 0 aliphatic rings. The summed E-state index contributed by atoms with van der Waals surface area (Å²) in [7, 11) is 1.60. The molecule has 0 aromatic heterocycles. The fourth-order valence-corrected chi connectivity index (χ4v) is 0.412. The fourth-order valence-electron chi connectivity index (χ4n) is 0.412. The van der Waals surface area contributed by atoms with Crippen LogP contribution in [-0.4, -0.2) is 18.7 Å². The summed E-state index contributed by atoms with van der Waals surface area (Å²) in [5, 5.41) is 7.69. The Kier molecular flexibility index (Phi) is 4.54. The van der Waals surface area contributed by atoms with Crippen molar-refractivity contribution in [1.29, 1.82) is 0 Å². The first-order valence-electron chi connectivity index (χ1n) is 3.32. The van der Waals surface area contributed by atoms with Crippen LogP contribution in [0.25, 0.3) is 0 Å². The van der Waals surface area contributed by atoms with E-state index >= 15 is 0 Å². The highest BCUT2D eigenvalue weighted by Gasteiger charge is 1.89. The van der Waals surface area contributed by atoms with Crippen molar-refractivity contribution in [2.75, 3.05) is 7.11 Å². The van der Waals surface area contributed by atoms with Crippen molar-refractivity contribution in [2.24, 2.45) is 10.2 Å². The number of methoxy groups -OCH3 is 1. The molecule has 0 spiro atoms. The first-order chi connectivity index (χ1) is 4.70. The van der Waals surface area contributed by atoms with Gasteiger partial charge in [-0.05, 0) is 13.8 Å². The lowest BCUT2D eigenvalue weighted by molar-refractivity contribution is 0.390. The Balaban J connectivity index is 3.99. The molecule has 0 radical (unpaired) electrons. The van der Waals surface area contributed by atoms with Crippen LogP contribution in [0.15, 0.2) is 10.2 Å². The maximum absolute atomic E-state index is 4.89. The van der Waals surface area contributed by atoms with Crippen LogP contribution in [0.5, 0.6) is 0 Å². The summed E-state index contributed by atoms with van der Waals surface area (Å²) in [5.74, 6) is 0.668. The van der Waals surface area contributed by atoms with E-state index in [1.807, 2.05) is 20.8 Å². The second kappa shape index (κ2) is 4.97. The molecule has 0 heterocycles. The van der Waals surface area contributed by atoms with Crippen molar-refractivity contribution < 1.29 is 4.74 Å². The summed E-state index contributed by atoms with van der Waals surface area (Å²) in [4.78, 5) is 0. The second-order valence-corrected chi connectivity index (χ2v) is 2.10. The molecule has 0 atom stereocenters. The number of hydrogen-bond acceptors (Lipinski definition) is 3. The van der Waals surface area contributed by atoms with Crippen LogP contribution in [0.2, 0.25) is 0 Å². The molecule has 0 aromatic rings. The van der Waals surface area contributed by atoms with Crippen LogP contribution in [0.1, 0.15) is 27.2 Å². The molecule has 3 nitrogen and oxygen atoms in total. The number of rotatable bonds is 2. The van der Waals surface area contributed by atoms with Gasteiger partial charge in [-0.1, -0.05) is 6.92 Å². The third-order valence-electron chi connectivity index (χ3n) is 0.900. The maximum atomic E-state index is 4.89. The number of ether oxygens (including phenoxy) is 1. The van der Waals surface area contributed by atoms with Gasteiger partial charge in [0.15, 0.2) is 0 Å². The molecule has 0 saturated heterocycles. The molecular formula is C7H14N2O. The molecule has 0 N–H and O–H groups in total. The first kappa shape index (κ1) is 9.14. The Hall–Kier alpha value is -0.860. The van der Waals surface area contributed by atoms with Gasteiger partial charge in [-0.2, -0.15) is 5.10 Å². The van der Waals surface area contributed by atoms with Crippen LogP contribution in [0.3, 0.4) is 0 Å². The van der Waals surface area contributed by atoms with E-state index in [2.05, 4.69) is 10.2 Å². The molecule has 0 aliphatic carbocycles. The monoisotopic (exact) mass is 142 g/mol. The van der Waals surface area contributed by atoms with E-state index in [-0.39, 0.29) is 0 Å². The fraction of sp³-hybridized carbons (Fsp3) is 0.714. The van der Waals surface area contributed by atoms with Gasteiger partial charge in [0.05, 0.1) is 7.11 Å². The van der Waals surface area contributed by atoms with Gasteiger partial charge >= 0.3 is 0 Å². The van der Waals surface area contributed by atoms with Crippen LogP contribution in [0, 0.1) is 0 Å². The number of hydrogen-bond donors (Lipinski definition) is 0. The van der Waals surface area contributed by atoms with Gasteiger partial charge in [-0.25, -0.2) is 0 Å². The van der Waals surface area contributed by atoms with Crippen molar-refractivity contribution in [3.05, 3.63) is 0 Å². The normalized spacial score (nSPS) is 11.0. The van der Waals surface area contributed by atoms with Gasteiger partial charge < -0.3 is 4.74 Å². The number of nitrogens with zero attached hydrogens (tertiary/aromatic N) is 2. The molecule has 10 heavy (non-hydrogen) atoms. The zero-order valence-electron chi connectivity index (χ0n) is 7.01. The van der Waals surface area contributed by atoms with Crippen molar-refractivity contribution in [3.63, 3.8) is 0 Å². The van der Waals surface area contributed by atoms with Gasteiger partial charge in [-0.3, -0.25) is 0 Å². The first-order valence-corrected chi connectivity index (χ1v) is 3.32. The van der Waals surface area contributed by atoms with Crippen molar-refractivity contribution in [2.45, 2.75) is 27.2 Å². The minimum absolute atomic E-state index is 0.668. The van der Waals surface area contributed by atoms with E-state index in [9.17, 15) is 0 Å². The van der Waals surface area contributed by atoms with Crippen molar-refractivity contribution in [3.8, 4) is 0 Å². The van der Waals surface area contributed by atoms with Crippen LogP contribution < -0.4 is 0 Å². The third-order valence-corrected chi connectivity index (χ3v) is 0.900. The maximum Gasteiger partial charge on any atom is 0.207 e. The standard InChI is InChI=1S/C7H14N2O/c1-5-7(10-4)9-8-6(2)3/h5H2,1-4H3/b9-7-. The highest BCUT2D eigenvalue weighted by molar-refractivity contribution is 5.81. The average Bonchev–Trinajstić information content (AvgIpc) is 1.90. The Bertz CT molecular complexity index is 140. The summed E-state index contributed by atoms with van der Waals surface area (Å²) in [6.45, 7) is 5.77. The summed E-state index contributed by atoms with van der Waals surface area (Å²) in [6, 6.07) is 0. The van der Waals surface area contributed by atoms with E-state index in [0.29, 0.717) is 5.90 Å². The summed E-state index contributed by atoms with van der Waals surface area (Å²) in [5.41, 5.74) is 0.933. The molecular weight excluding hydrogens is 128 g/mol. The molecule has 58 valence electrons. The third kappa shape index (κ3) is 4.06. The molecule has 0 amide bonds. The van der Waals surface area contributed by atoms with Gasteiger partial charge in [0.2, 0.25) is 5.90 Å². The molecule has 3 heteroatoms. The predicted octanol–water partition coefficient (Wildman–Crippen LogP) is 1.84. The molecule has 0 aliphatic heterocycles.